The number of hydrogen-bond acceptors (Lipinski definition) is 3. The summed E-state index contributed by atoms with van der Waals surface area (Å²) in [7, 11) is 0. The lowest BCUT2D eigenvalue weighted by Gasteiger charge is -2.17. The van der Waals surface area contributed by atoms with Crippen LogP contribution in [0.15, 0.2) is 30.3 Å². The maximum absolute atomic E-state index is 12.0. The third-order valence-electron chi connectivity index (χ3n) is 2.21. The Labute approximate surface area is 97.7 Å². The maximum Gasteiger partial charge on any atom is 0.389 e. The minimum absolute atomic E-state index is 0.104. The van der Waals surface area contributed by atoms with Crippen molar-refractivity contribution in [2.75, 3.05) is 6.61 Å². The van der Waals surface area contributed by atoms with Crippen molar-refractivity contribution in [3.05, 3.63) is 30.3 Å². The molecule has 0 amide bonds. The van der Waals surface area contributed by atoms with E-state index in [1.54, 1.807) is 24.3 Å². The molecular weight excluding hydrogens is 233 g/mol. The van der Waals surface area contributed by atoms with E-state index in [4.69, 9.17) is 10.6 Å². The van der Waals surface area contributed by atoms with Gasteiger partial charge in [-0.15, -0.1) is 0 Å². The Bertz CT molecular complexity index is 316. The van der Waals surface area contributed by atoms with Crippen LogP contribution in [0, 0.1) is 0 Å². The molecule has 1 aromatic carbocycles. The average Bonchev–Trinajstić information content (AvgIpc) is 2.29. The summed E-state index contributed by atoms with van der Waals surface area (Å²) in [6.45, 7) is 0.108. The van der Waals surface area contributed by atoms with Gasteiger partial charge in [0.2, 0.25) is 0 Å². The number of benzene rings is 1. The van der Waals surface area contributed by atoms with Crippen LogP contribution in [0.25, 0.3) is 0 Å². The Morgan fingerprint density at radius 2 is 1.88 bits per heavy atom. The Morgan fingerprint density at radius 3 is 2.41 bits per heavy atom. The predicted molar refractivity (Wildman–Crippen MR) is 58.3 cm³/mol. The average molecular weight is 248 g/mol. The van der Waals surface area contributed by atoms with Crippen molar-refractivity contribution in [1.82, 2.24) is 5.43 Å². The molecule has 1 rings (SSSR count). The second-order valence-corrected chi connectivity index (χ2v) is 3.64. The Kier molecular flexibility index (Phi) is 5.24. The minimum atomic E-state index is -4.16. The number of hydrogen-bond donors (Lipinski definition) is 2. The number of halogens is 3. The molecule has 1 unspecified atom stereocenters. The summed E-state index contributed by atoms with van der Waals surface area (Å²) in [6.07, 6.45) is -5.14. The smallest absolute Gasteiger partial charge is 0.389 e. The van der Waals surface area contributed by atoms with Crippen molar-refractivity contribution < 1.29 is 17.9 Å². The molecule has 0 fully saturated rings. The van der Waals surface area contributed by atoms with E-state index in [0.717, 1.165) is 0 Å². The van der Waals surface area contributed by atoms with Crippen molar-refractivity contribution in [3.63, 3.8) is 0 Å². The minimum Gasteiger partial charge on any atom is -0.492 e. The summed E-state index contributed by atoms with van der Waals surface area (Å²) in [5, 5.41) is 0. The van der Waals surface area contributed by atoms with Gasteiger partial charge in [0.1, 0.15) is 12.4 Å². The molecule has 0 aliphatic rings. The molecule has 0 aliphatic carbocycles. The van der Waals surface area contributed by atoms with Crippen LogP contribution in [0.3, 0.4) is 0 Å². The first-order valence-corrected chi connectivity index (χ1v) is 5.22. The third kappa shape index (κ3) is 6.13. The number of alkyl halides is 3. The zero-order valence-electron chi connectivity index (χ0n) is 9.20. The van der Waals surface area contributed by atoms with Crippen molar-refractivity contribution >= 4 is 0 Å². The SMILES string of the molecule is NNC(CCC(F)(F)F)COc1ccccc1. The third-order valence-corrected chi connectivity index (χ3v) is 2.21. The quantitative estimate of drug-likeness (QED) is 0.599. The van der Waals surface area contributed by atoms with E-state index in [1.165, 1.54) is 0 Å². The first-order chi connectivity index (χ1) is 8.01. The molecule has 0 radical (unpaired) electrons. The lowest BCUT2D eigenvalue weighted by molar-refractivity contribution is -0.137. The highest BCUT2D eigenvalue weighted by molar-refractivity contribution is 5.20. The van der Waals surface area contributed by atoms with Gasteiger partial charge in [0.05, 0.1) is 6.04 Å². The highest BCUT2D eigenvalue weighted by Crippen LogP contribution is 2.22. The molecule has 0 aliphatic heterocycles. The zero-order valence-corrected chi connectivity index (χ0v) is 9.20. The Balaban J connectivity index is 2.33. The van der Waals surface area contributed by atoms with Gasteiger partial charge < -0.3 is 4.74 Å². The first-order valence-electron chi connectivity index (χ1n) is 5.22. The van der Waals surface area contributed by atoms with E-state index in [-0.39, 0.29) is 13.0 Å². The molecule has 17 heavy (non-hydrogen) atoms. The van der Waals surface area contributed by atoms with Gasteiger partial charge in [-0.2, -0.15) is 13.2 Å². The maximum atomic E-state index is 12.0. The molecule has 0 heterocycles. The molecular formula is C11H15F3N2O. The van der Waals surface area contributed by atoms with E-state index >= 15 is 0 Å². The summed E-state index contributed by atoms with van der Waals surface area (Å²) in [5.74, 6) is 5.78. The van der Waals surface area contributed by atoms with Crippen LogP contribution in [-0.4, -0.2) is 18.8 Å². The molecule has 6 heteroatoms. The van der Waals surface area contributed by atoms with E-state index < -0.39 is 18.6 Å². The molecule has 96 valence electrons. The van der Waals surface area contributed by atoms with Crippen LogP contribution in [0.4, 0.5) is 13.2 Å². The summed E-state index contributed by atoms with van der Waals surface area (Å²) in [4.78, 5) is 0. The number of para-hydroxylation sites is 1. The first kappa shape index (κ1) is 13.8. The molecule has 0 aromatic heterocycles. The van der Waals surface area contributed by atoms with Crippen LogP contribution in [-0.2, 0) is 0 Å². The van der Waals surface area contributed by atoms with Crippen LogP contribution in [0.5, 0.6) is 5.75 Å². The zero-order chi connectivity index (χ0) is 12.7. The largest absolute Gasteiger partial charge is 0.492 e. The van der Waals surface area contributed by atoms with Crippen LogP contribution >= 0.6 is 0 Å². The van der Waals surface area contributed by atoms with Gasteiger partial charge >= 0.3 is 6.18 Å². The summed E-state index contributed by atoms with van der Waals surface area (Å²) >= 11 is 0. The molecule has 3 nitrogen and oxygen atoms in total. The number of rotatable bonds is 6. The van der Waals surface area contributed by atoms with Gasteiger partial charge in [0.15, 0.2) is 0 Å². The molecule has 1 aromatic rings. The monoisotopic (exact) mass is 248 g/mol. The Morgan fingerprint density at radius 1 is 1.24 bits per heavy atom. The standard InChI is InChI=1S/C11H15F3N2O/c12-11(13,14)7-6-9(16-15)8-17-10-4-2-1-3-5-10/h1-5,9,16H,6-8,15H2. The Hall–Kier alpha value is -1.27. The van der Waals surface area contributed by atoms with E-state index in [9.17, 15) is 13.2 Å². The van der Waals surface area contributed by atoms with Crippen LogP contribution < -0.4 is 16.0 Å². The fourth-order valence-corrected chi connectivity index (χ4v) is 1.27. The molecule has 3 N–H and O–H groups in total. The summed E-state index contributed by atoms with van der Waals surface area (Å²) in [5.41, 5.74) is 2.32. The second-order valence-electron chi connectivity index (χ2n) is 3.64. The topological polar surface area (TPSA) is 47.3 Å². The van der Waals surface area contributed by atoms with Crippen molar-refractivity contribution in [1.29, 1.82) is 0 Å². The predicted octanol–water partition coefficient (Wildman–Crippen LogP) is 2.24. The van der Waals surface area contributed by atoms with Crippen molar-refractivity contribution in [3.8, 4) is 5.75 Å². The van der Waals surface area contributed by atoms with Gasteiger partial charge in [-0.25, -0.2) is 0 Å². The molecule has 0 saturated carbocycles. The van der Waals surface area contributed by atoms with Gasteiger partial charge in [-0.05, 0) is 18.6 Å². The van der Waals surface area contributed by atoms with Crippen LogP contribution in [0.1, 0.15) is 12.8 Å². The summed E-state index contributed by atoms with van der Waals surface area (Å²) < 4.78 is 41.3. The van der Waals surface area contributed by atoms with Gasteiger partial charge in [-0.3, -0.25) is 11.3 Å². The number of nitrogens with one attached hydrogen (secondary N) is 1. The van der Waals surface area contributed by atoms with Crippen molar-refractivity contribution in [2.24, 2.45) is 5.84 Å². The van der Waals surface area contributed by atoms with Gasteiger partial charge in [0.25, 0.3) is 0 Å². The van der Waals surface area contributed by atoms with E-state index in [0.29, 0.717) is 5.75 Å². The van der Waals surface area contributed by atoms with E-state index in [1.807, 2.05) is 6.07 Å². The lowest BCUT2D eigenvalue weighted by Crippen LogP contribution is -2.40. The second kappa shape index (κ2) is 6.46. The normalized spacial score (nSPS) is 13.4. The summed E-state index contributed by atoms with van der Waals surface area (Å²) in [6, 6.07) is 8.35. The van der Waals surface area contributed by atoms with Crippen molar-refractivity contribution in [2.45, 2.75) is 25.1 Å². The fraction of sp³-hybridized carbons (Fsp3) is 0.455. The highest BCUT2D eigenvalue weighted by Gasteiger charge is 2.28. The molecule has 0 spiro atoms. The van der Waals surface area contributed by atoms with E-state index in [2.05, 4.69) is 5.43 Å². The number of ether oxygens (including phenoxy) is 1. The highest BCUT2D eigenvalue weighted by atomic mass is 19.4. The van der Waals surface area contributed by atoms with Crippen LogP contribution in [0.2, 0.25) is 0 Å². The molecule has 0 saturated heterocycles. The molecule has 1 atom stereocenters. The number of nitrogens with two attached hydrogens (primary N) is 1. The lowest BCUT2D eigenvalue weighted by atomic mass is 10.2. The number of hydrazine groups is 1. The van der Waals surface area contributed by atoms with Gasteiger partial charge in [0, 0.05) is 6.42 Å². The van der Waals surface area contributed by atoms with Gasteiger partial charge in [-0.1, -0.05) is 18.2 Å². The molecule has 0 bridgehead atoms. The fourth-order valence-electron chi connectivity index (χ4n) is 1.27.